The second-order valence-corrected chi connectivity index (χ2v) is 5.27. The molecule has 1 aliphatic heterocycles. The van der Waals surface area contributed by atoms with E-state index >= 15 is 0 Å². The van der Waals surface area contributed by atoms with Crippen molar-refractivity contribution in [1.29, 1.82) is 0 Å². The maximum Gasteiger partial charge on any atom is 0.152 e. The zero-order valence-electron chi connectivity index (χ0n) is 6.55. The normalized spacial score (nSPS) is 27.5. The Morgan fingerprint density at radius 2 is 2.33 bits per heavy atom. The Balaban J connectivity index is 2.21. The van der Waals surface area contributed by atoms with E-state index in [1.54, 1.807) is 10.9 Å². The van der Waals surface area contributed by atoms with Crippen LogP contribution in [0.2, 0.25) is 0 Å². The molecule has 1 aromatic heterocycles. The quantitative estimate of drug-likeness (QED) is 0.631. The summed E-state index contributed by atoms with van der Waals surface area (Å²) in [7, 11) is -2.78. The molecule has 0 saturated carbocycles. The SMILES string of the molecule is O=S1(=O)CC[C@@H](n2cccn2)C1. The third-order valence-corrected chi connectivity index (χ3v) is 3.86. The van der Waals surface area contributed by atoms with Gasteiger partial charge >= 0.3 is 0 Å². The summed E-state index contributed by atoms with van der Waals surface area (Å²) in [5, 5.41) is 4.02. The summed E-state index contributed by atoms with van der Waals surface area (Å²) < 4.78 is 23.9. The molecule has 0 aliphatic carbocycles. The van der Waals surface area contributed by atoms with Gasteiger partial charge in [0.25, 0.3) is 0 Å². The third-order valence-electron chi connectivity index (χ3n) is 2.11. The highest BCUT2D eigenvalue weighted by atomic mass is 32.2. The molecule has 2 heterocycles. The van der Waals surface area contributed by atoms with Crippen molar-refractivity contribution in [2.24, 2.45) is 0 Å². The lowest BCUT2D eigenvalue weighted by Gasteiger charge is -2.06. The van der Waals surface area contributed by atoms with Gasteiger partial charge in [0.05, 0.1) is 17.5 Å². The van der Waals surface area contributed by atoms with Crippen LogP contribution in [0.1, 0.15) is 12.5 Å². The van der Waals surface area contributed by atoms with Crippen LogP contribution in [-0.2, 0) is 9.84 Å². The summed E-state index contributed by atoms with van der Waals surface area (Å²) in [6.07, 6.45) is 4.18. The van der Waals surface area contributed by atoms with Gasteiger partial charge in [-0.1, -0.05) is 0 Å². The molecular weight excluding hydrogens is 176 g/mol. The van der Waals surface area contributed by atoms with Crippen molar-refractivity contribution in [3.8, 4) is 0 Å². The van der Waals surface area contributed by atoms with E-state index in [0.717, 1.165) is 0 Å². The maximum absolute atomic E-state index is 11.1. The van der Waals surface area contributed by atoms with E-state index in [9.17, 15) is 8.42 Å². The average molecular weight is 186 g/mol. The molecule has 0 radical (unpaired) electrons. The van der Waals surface area contributed by atoms with Crippen LogP contribution in [0.25, 0.3) is 0 Å². The number of rotatable bonds is 1. The van der Waals surface area contributed by atoms with Gasteiger partial charge in [0, 0.05) is 12.4 Å². The smallest absolute Gasteiger partial charge is 0.152 e. The van der Waals surface area contributed by atoms with Crippen LogP contribution in [-0.4, -0.2) is 29.7 Å². The van der Waals surface area contributed by atoms with Crippen LogP contribution in [0.15, 0.2) is 18.5 Å². The minimum absolute atomic E-state index is 0.0602. The van der Waals surface area contributed by atoms with Crippen LogP contribution in [0.3, 0.4) is 0 Å². The highest BCUT2D eigenvalue weighted by molar-refractivity contribution is 7.91. The Morgan fingerprint density at radius 1 is 1.50 bits per heavy atom. The van der Waals surface area contributed by atoms with Crippen LogP contribution >= 0.6 is 0 Å². The molecule has 1 fully saturated rings. The van der Waals surface area contributed by atoms with E-state index < -0.39 is 9.84 Å². The van der Waals surface area contributed by atoms with Crippen molar-refractivity contribution in [3.63, 3.8) is 0 Å². The van der Waals surface area contributed by atoms with Crippen molar-refractivity contribution in [2.45, 2.75) is 12.5 Å². The first-order chi connectivity index (χ1) is 5.67. The standard InChI is InChI=1S/C7H10N2O2S/c10-12(11)5-2-7(6-12)9-4-1-3-8-9/h1,3-4,7H,2,5-6H2/t7-/m1/s1. The summed E-state index contributed by atoms with van der Waals surface area (Å²) in [6.45, 7) is 0. The highest BCUT2D eigenvalue weighted by Gasteiger charge is 2.28. The highest BCUT2D eigenvalue weighted by Crippen LogP contribution is 2.21. The fourth-order valence-electron chi connectivity index (χ4n) is 1.48. The molecule has 1 atom stereocenters. The van der Waals surface area contributed by atoms with Crippen LogP contribution < -0.4 is 0 Å². The first-order valence-electron chi connectivity index (χ1n) is 3.87. The monoisotopic (exact) mass is 186 g/mol. The van der Waals surface area contributed by atoms with Crippen molar-refractivity contribution >= 4 is 9.84 Å². The fraction of sp³-hybridized carbons (Fsp3) is 0.571. The Hall–Kier alpha value is -0.840. The van der Waals surface area contributed by atoms with Gasteiger partial charge in [0.15, 0.2) is 9.84 Å². The topological polar surface area (TPSA) is 52.0 Å². The molecule has 0 bridgehead atoms. The lowest BCUT2D eigenvalue weighted by atomic mass is 10.3. The molecular formula is C7H10N2O2S. The summed E-state index contributed by atoms with van der Waals surface area (Å²) in [6, 6.07) is 1.87. The average Bonchev–Trinajstić information content (AvgIpc) is 2.55. The largest absolute Gasteiger partial charge is 0.269 e. The van der Waals surface area contributed by atoms with Gasteiger partial charge in [-0.25, -0.2) is 8.42 Å². The predicted molar refractivity (Wildman–Crippen MR) is 44.5 cm³/mol. The summed E-state index contributed by atoms with van der Waals surface area (Å²) in [5.41, 5.74) is 0. The molecule has 1 saturated heterocycles. The molecule has 1 aromatic rings. The molecule has 0 amide bonds. The Labute approximate surface area is 71.1 Å². The zero-order chi connectivity index (χ0) is 8.60. The van der Waals surface area contributed by atoms with Crippen molar-refractivity contribution < 1.29 is 8.42 Å². The summed E-state index contributed by atoms with van der Waals surface area (Å²) >= 11 is 0. The molecule has 0 unspecified atom stereocenters. The predicted octanol–water partition coefficient (Wildman–Crippen LogP) is 0.243. The molecule has 12 heavy (non-hydrogen) atoms. The van der Waals surface area contributed by atoms with Gasteiger partial charge in [0.1, 0.15) is 0 Å². The van der Waals surface area contributed by atoms with E-state index in [1.807, 2.05) is 12.3 Å². The molecule has 5 heteroatoms. The van der Waals surface area contributed by atoms with Gasteiger partial charge in [-0.15, -0.1) is 0 Å². The van der Waals surface area contributed by atoms with Gasteiger partial charge in [-0.3, -0.25) is 4.68 Å². The minimum Gasteiger partial charge on any atom is -0.269 e. The van der Waals surface area contributed by atoms with Gasteiger partial charge in [-0.05, 0) is 12.5 Å². The van der Waals surface area contributed by atoms with Crippen LogP contribution in [0.4, 0.5) is 0 Å². The van der Waals surface area contributed by atoms with Crippen molar-refractivity contribution in [1.82, 2.24) is 9.78 Å². The second kappa shape index (κ2) is 2.58. The van der Waals surface area contributed by atoms with Gasteiger partial charge in [0.2, 0.25) is 0 Å². The van der Waals surface area contributed by atoms with Crippen LogP contribution in [0.5, 0.6) is 0 Å². The summed E-state index contributed by atoms with van der Waals surface area (Å²) in [4.78, 5) is 0. The molecule has 0 N–H and O–H groups in total. The first kappa shape index (κ1) is 7.79. The molecule has 1 aliphatic rings. The van der Waals surface area contributed by atoms with Gasteiger partial charge in [-0.2, -0.15) is 5.10 Å². The molecule has 66 valence electrons. The molecule has 4 nitrogen and oxygen atoms in total. The number of nitrogens with zero attached hydrogens (tertiary/aromatic N) is 2. The minimum atomic E-state index is -2.78. The Kier molecular flexibility index (Phi) is 1.68. The second-order valence-electron chi connectivity index (χ2n) is 3.04. The third kappa shape index (κ3) is 1.36. The molecule has 0 spiro atoms. The van der Waals surface area contributed by atoms with E-state index in [-0.39, 0.29) is 11.8 Å². The molecule has 0 aromatic carbocycles. The Bertz CT molecular complexity index is 355. The number of hydrogen-bond acceptors (Lipinski definition) is 3. The number of sulfone groups is 1. The lowest BCUT2D eigenvalue weighted by Crippen LogP contribution is -2.11. The van der Waals surface area contributed by atoms with E-state index in [2.05, 4.69) is 5.10 Å². The summed E-state index contributed by atoms with van der Waals surface area (Å²) in [5.74, 6) is 0.548. The number of aromatic nitrogens is 2. The fourth-order valence-corrected chi connectivity index (χ4v) is 3.18. The number of hydrogen-bond donors (Lipinski definition) is 0. The van der Waals surface area contributed by atoms with E-state index in [0.29, 0.717) is 12.2 Å². The van der Waals surface area contributed by atoms with Gasteiger partial charge < -0.3 is 0 Å². The zero-order valence-corrected chi connectivity index (χ0v) is 7.37. The Morgan fingerprint density at radius 3 is 2.83 bits per heavy atom. The lowest BCUT2D eigenvalue weighted by molar-refractivity contribution is 0.499. The molecule has 2 rings (SSSR count). The van der Waals surface area contributed by atoms with Crippen LogP contribution in [0, 0.1) is 0 Å². The first-order valence-corrected chi connectivity index (χ1v) is 5.69. The maximum atomic E-state index is 11.1. The van der Waals surface area contributed by atoms with Crippen molar-refractivity contribution in [2.75, 3.05) is 11.5 Å². The van der Waals surface area contributed by atoms with E-state index in [4.69, 9.17) is 0 Å². The van der Waals surface area contributed by atoms with E-state index in [1.165, 1.54) is 0 Å². The van der Waals surface area contributed by atoms with Crippen molar-refractivity contribution in [3.05, 3.63) is 18.5 Å².